The predicted molar refractivity (Wildman–Crippen MR) is 307 cm³/mol. The maximum absolute atomic E-state index is 14.2. The van der Waals surface area contributed by atoms with Crippen LogP contribution in [0.5, 0.6) is 0 Å². The first kappa shape index (κ1) is 70.5. The lowest BCUT2D eigenvalue weighted by Gasteiger charge is -2.32. The molecule has 3 aromatic rings. The van der Waals surface area contributed by atoms with Crippen molar-refractivity contribution in [1.82, 2.24) is 55.6 Å². The second-order valence-corrected chi connectivity index (χ2v) is 22.5. The number of nitrogens with one attached hydrogen (secondary N) is 4. The Morgan fingerprint density at radius 3 is 1.58 bits per heavy atom. The van der Waals surface area contributed by atoms with Gasteiger partial charge in [-0.25, -0.2) is 23.9 Å². The summed E-state index contributed by atoms with van der Waals surface area (Å²) in [7, 11) is -4.90. The molecule has 2 aliphatic rings. The van der Waals surface area contributed by atoms with Gasteiger partial charge in [0.2, 0.25) is 23.6 Å². The van der Waals surface area contributed by atoms with Gasteiger partial charge >= 0.3 is 49.5 Å². The molecule has 0 aliphatic carbocycles. The van der Waals surface area contributed by atoms with Crippen LogP contribution in [0.4, 0.5) is 5.69 Å². The van der Waals surface area contributed by atoms with E-state index in [-0.39, 0.29) is 129 Å². The minimum Gasteiger partial charge on any atom is -0.481 e. The van der Waals surface area contributed by atoms with Gasteiger partial charge in [-0.05, 0) is 43.7 Å². The zero-order valence-electron chi connectivity index (χ0n) is 48.1. The third kappa shape index (κ3) is 23.8. The van der Waals surface area contributed by atoms with Crippen LogP contribution in [-0.2, 0) is 74.9 Å². The number of carbonyl (C=O) groups is 11. The Balaban J connectivity index is 1.13. The lowest BCUT2D eigenvalue weighted by Crippen LogP contribution is -2.49. The average molecular weight is 1260 g/mol. The molecule has 0 bridgehead atoms. The Labute approximate surface area is 504 Å². The number of anilines is 1. The first-order valence-electron chi connectivity index (χ1n) is 28.3. The smallest absolute Gasteiger partial charge is 0.403 e. The van der Waals surface area contributed by atoms with E-state index in [1.54, 1.807) is 47.6 Å². The Kier molecular flexibility index (Phi) is 27.9. The Hall–Kier alpha value is -8.30. The monoisotopic (exact) mass is 1260 g/mol. The summed E-state index contributed by atoms with van der Waals surface area (Å²) in [4.78, 5) is 153. The van der Waals surface area contributed by atoms with Crippen LogP contribution in [0, 0.1) is 0 Å². The summed E-state index contributed by atoms with van der Waals surface area (Å²) in [5, 5.41) is 84.4. The van der Waals surface area contributed by atoms with E-state index in [1.165, 1.54) is 0 Å². The van der Waals surface area contributed by atoms with E-state index in [4.69, 9.17) is 9.63 Å². The molecule has 0 radical (unpaired) electrons. The SMILES string of the molecule is O=C(O)CC[C@H](NP(=O)(O)OCCC(NC(=O)CC[C@@H](NC(=O)CCCCC(=O)N1Cc2ccccc2-c2c(nnn2CCCNC(=O)CN2CCN(CC(=O)O)CCN(CC(=O)O)CCN(CC(=O)O)CC2)-c2ccccc21)C(=O)O)C(=O)O)C(=O)O. The number of nitrogens with zero attached hydrogens (tertiary/aromatic N) is 8. The van der Waals surface area contributed by atoms with Crippen LogP contribution in [-0.4, -0.2) is 250 Å². The molecule has 1 fully saturated rings. The van der Waals surface area contributed by atoms with Gasteiger partial charge in [0.15, 0.2) is 0 Å². The summed E-state index contributed by atoms with van der Waals surface area (Å²) < 4.78 is 18.8. The minimum atomic E-state index is -4.90. The second-order valence-electron chi connectivity index (χ2n) is 20.9. The van der Waals surface area contributed by atoms with E-state index in [0.29, 0.717) is 35.6 Å². The number of fused-ring (bicyclic) bond motifs is 5. The molecule has 482 valence electrons. The molecule has 12 N–H and O–H groups in total. The van der Waals surface area contributed by atoms with Crippen LogP contribution in [0.25, 0.3) is 22.5 Å². The molecule has 1 aromatic heterocycles. The van der Waals surface area contributed by atoms with E-state index in [1.807, 2.05) is 35.2 Å². The first-order valence-corrected chi connectivity index (χ1v) is 29.8. The molecule has 1 saturated heterocycles. The molecular weight excluding hydrogens is 1180 g/mol. The van der Waals surface area contributed by atoms with Crippen molar-refractivity contribution in [3.63, 3.8) is 0 Å². The van der Waals surface area contributed by atoms with Crippen LogP contribution in [0.3, 0.4) is 0 Å². The van der Waals surface area contributed by atoms with Gasteiger partial charge in [0.05, 0.1) is 50.7 Å². The van der Waals surface area contributed by atoms with Crippen molar-refractivity contribution in [2.75, 3.05) is 96.6 Å². The number of amides is 4. The molecule has 2 aliphatic heterocycles. The second kappa shape index (κ2) is 34.9. The number of unbranched alkanes of at least 4 members (excludes halogenated alkanes) is 1. The number of carbonyl (C=O) groups excluding carboxylic acids is 4. The van der Waals surface area contributed by atoms with Gasteiger partial charge in [0, 0.05) is 109 Å². The lowest BCUT2D eigenvalue weighted by molar-refractivity contribution is -0.143. The third-order valence-electron chi connectivity index (χ3n) is 14.2. The zero-order chi connectivity index (χ0) is 64.5. The van der Waals surface area contributed by atoms with Gasteiger partial charge in [-0.1, -0.05) is 47.7 Å². The van der Waals surface area contributed by atoms with E-state index in [2.05, 4.69) is 26.3 Å². The fraction of sp³-hybridized carbons (Fsp3) is 0.537. The number of hydrogen-bond acceptors (Lipinski definition) is 19. The van der Waals surface area contributed by atoms with Gasteiger partial charge in [-0.3, -0.25) is 67.3 Å². The maximum Gasteiger partial charge on any atom is 0.403 e. The number of carboxylic acid groups (broad SMARTS) is 7. The summed E-state index contributed by atoms with van der Waals surface area (Å²) >= 11 is 0. The highest BCUT2D eigenvalue weighted by Gasteiger charge is 2.33. The molecule has 2 unspecified atom stereocenters. The van der Waals surface area contributed by atoms with Crippen LogP contribution < -0.4 is 25.9 Å². The van der Waals surface area contributed by atoms with Gasteiger partial charge in [-0.2, -0.15) is 0 Å². The van der Waals surface area contributed by atoms with Gasteiger partial charge < -0.3 is 61.5 Å². The number of carboxylic acids is 7. The topological polar surface area (TPSA) is 471 Å². The number of benzene rings is 2. The van der Waals surface area contributed by atoms with E-state index < -0.39 is 118 Å². The number of aryl methyl sites for hydroxylation is 1. The first-order chi connectivity index (χ1) is 41.8. The normalized spacial score (nSPS) is 16.2. The van der Waals surface area contributed by atoms with E-state index >= 15 is 0 Å². The molecule has 33 nitrogen and oxygen atoms in total. The number of rotatable bonds is 34. The highest BCUT2D eigenvalue weighted by atomic mass is 31.2. The molecule has 88 heavy (non-hydrogen) atoms. The number of hydrogen-bond donors (Lipinski definition) is 12. The van der Waals surface area contributed by atoms with Crippen molar-refractivity contribution >= 4 is 78.8 Å². The fourth-order valence-corrected chi connectivity index (χ4v) is 10.8. The van der Waals surface area contributed by atoms with Crippen molar-refractivity contribution in [1.29, 1.82) is 0 Å². The molecule has 4 atom stereocenters. The van der Waals surface area contributed by atoms with Crippen LogP contribution in [0.15, 0.2) is 48.5 Å². The summed E-state index contributed by atoms with van der Waals surface area (Å²) in [6, 6.07) is 9.52. The third-order valence-corrected chi connectivity index (χ3v) is 15.4. The molecule has 0 spiro atoms. The molecule has 2 aromatic carbocycles. The van der Waals surface area contributed by atoms with Gasteiger partial charge in [0.1, 0.15) is 23.8 Å². The Morgan fingerprint density at radius 1 is 0.545 bits per heavy atom. The largest absolute Gasteiger partial charge is 0.481 e. The van der Waals surface area contributed by atoms with E-state index in [0.717, 1.165) is 11.1 Å². The van der Waals surface area contributed by atoms with Crippen LogP contribution in [0.2, 0.25) is 0 Å². The van der Waals surface area contributed by atoms with Gasteiger partial charge in [0.25, 0.3) is 0 Å². The zero-order valence-corrected chi connectivity index (χ0v) is 49.0. The number of aromatic nitrogens is 3. The average Bonchev–Trinajstić information content (AvgIpc) is 2.34. The van der Waals surface area contributed by atoms with Crippen molar-refractivity contribution in [3.8, 4) is 22.5 Å². The molecule has 5 rings (SSSR count). The van der Waals surface area contributed by atoms with Crippen molar-refractivity contribution in [2.45, 2.75) is 95.4 Å². The van der Waals surface area contributed by atoms with Crippen LogP contribution >= 0.6 is 7.75 Å². The highest BCUT2D eigenvalue weighted by molar-refractivity contribution is 7.50. The number of para-hydroxylation sites is 1. The van der Waals surface area contributed by atoms with Crippen molar-refractivity contribution < 1.29 is 102 Å². The van der Waals surface area contributed by atoms with Crippen molar-refractivity contribution in [3.05, 3.63) is 54.1 Å². The standard InChI is InChI=1S/C54H75N12O21P/c67-42(56-38(52(79)80)14-16-43(68)57-39(53(81)82)18-29-87-88(85,86)59-40(54(83)84)15-17-46(71)72)12-5-6-13-45(70)65-30-35-8-1-2-9-36(35)51-50(37-10-3-4-11-41(37)65)58-60-66(51)20-7-19-55-44(69)31-61-21-23-62(32-47(73)74)25-27-64(34-49(77)78)28-26-63(24-22-61)33-48(75)76/h1-4,8-11,38-40H,5-7,12-34H2,(H,55,69)(H,56,67)(H,57,68)(H,71,72)(H,73,74)(H,75,76)(H,77,78)(H,79,80)(H,81,82)(H,83,84)(H2,59,85,86)/t38-,39?,40+/m1/s1. The van der Waals surface area contributed by atoms with Crippen LogP contribution in [0.1, 0.15) is 69.8 Å². The molecule has 0 saturated carbocycles. The summed E-state index contributed by atoms with van der Waals surface area (Å²) in [6.45, 7) is 0.935. The summed E-state index contributed by atoms with van der Waals surface area (Å²) in [5.41, 5.74) is 3.85. The lowest BCUT2D eigenvalue weighted by atomic mass is 9.95. The Morgan fingerprint density at radius 2 is 1.03 bits per heavy atom. The number of aliphatic carboxylic acids is 7. The highest BCUT2D eigenvalue weighted by Crippen LogP contribution is 2.41. The summed E-state index contributed by atoms with van der Waals surface area (Å²) in [6.07, 6.45) is -2.32. The maximum atomic E-state index is 14.2. The minimum absolute atomic E-state index is 0.0193. The van der Waals surface area contributed by atoms with Crippen molar-refractivity contribution in [2.24, 2.45) is 0 Å². The Bertz CT molecular complexity index is 2990. The molecule has 34 heteroatoms. The molecule has 3 heterocycles. The van der Waals surface area contributed by atoms with E-state index in [9.17, 15) is 92.8 Å². The fourth-order valence-electron chi connectivity index (χ4n) is 9.75. The van der Waals surface area contributed by atoms with Gasteiger partial charge in [-0.15, -0.1) is 5.10 Å². The molecule has 4 amide bonds. The quantitative estimate of drug-likeness (QED) is 0.0261. The summed E-state index contributed by atoms with van der Waals surface area (Å²) in [5.74, 6) is -11.6. The predicted octanol–water partition coefficient (Wildman–Crippen LogP) is -0.666. The molecular formula is C54H75N12O21P.